The van der Waals surface area contributed by atoms with Crippen molar-refractivity contribution in [2.75, 3.05) is 0 Å². The maximum Gasteiger partial charge on any atom is 0.0824 e. The molecule has 0 spiro atoms. The molecule has 8 aliphatic rings. The van der Waals surface area contributed by atoms with Crippen LogP contribution in [0.5, 0.6) is 0 Å². The maximum atomic E-state index is 10.9. The summed E-state index contributed by atoms with van der Waals surface area (Å²) in [4.78, 5) is 2.88. The topological polar surface area (TPSA) is 23.5 Å². The third kappa shape index (κ3) is 5.28. The summed E-state index contributed by atoms with van der Waals surface area (Å²) in [5.41, 5.74) is 11.0. The van der Waals surface area contributed by atoms with Crippen LogP contribution in [0.4, 0.5) is 0 Å². The quantitative estimate of drug-likeness (QED) is 0.326. The lowest BCUT2D eigenvalue weighted by atomic mass is 9.68. The molecule has 7 unspecified atom stereocenters. The fraction of sp³-hybridized carbons (Fsp3) is 0.476. The summed E-state index contributed by atoms with van der Waals surface area (Å²) in [6.07, 6.45) is 50.9. The molecule has 0 radical (unpaired) electrons. The molecule has 228 valence electrons. The van der Waals surface area contributed by atoms with Gasteiger partial charge in [0.25, 0.3) is 0 Å². The third-order valence-corrected chi connectivity index (χ3v) is 11.9. The van der Waals surface area contributed by atoms with Gasteiger partial charge in [-0.2, -0.15) is 0 Å². The van der Waals surface area contributed by atoms with Gasteiger partial charge in [-0.05, 0) is 123 Å². The Hall–Kier alpha value is -3.10. The van der Waals surface area contributed by atoms with Crippen molar-refractivity contribution >= 4 is 0 Å². The first kappa shape index (κ1) is 28.4. The van der Waals surface area contributed by atoms with E-state index < -0.39 is 6.10 Å². The van der Waals surface area contributed by atoms with E-state index in [9.17, 15) is 5.11 Å². The minimum Gasteiger partial charge on any atom is -0.388 e. The molecule has 7 aliphatic carbocycles. The highest BCUT2D eigenvalue weighted by atomic mass is 16.3. The molecule has 0 aromatic carbocycles. The molecule has 2 heteroatoms. The van der Waals surface area contributed by atoms with Gasteiger partial charge in [-0.3, -0.25) is 0 Å². The summed E-state index contributed by atoms with van der Waals surface area (Å²) in [5.74, 6) is 1.72. The largest absolute Gasteiger partial charge is 0.388 e. The van der Waals surface area contributed by atoms with Crippen LogP contribution >= 0.6 is 0 Å². The van der Waals surface area contributed by atoms with Crippen LogP contribution in [0.1, 0.15) is 83.5 Å². The second-order valence-corrected chi connectivity index (χ2v) is 14.4. The number of hydrogen-bond donors (Lipinski definition) is 1. The normalized spacial score (nSPS) is 36.3. The zero-order chi connectivity index (χ0) is 29.5. The molecule has 0 fully saturated rings. The highest BCUT2D eigenvalue weighted by Gasteiger charge is 2.44. The summed E-state index contributed by atoms with van der Waals surface area (Å²) in [5, 5.41) is 10.9. The summed E-state index contributed by atoms with van der Waals surface area (Å²) in [6, 6.07) is 1.04. The van der Waals surface area contributed by atoms with Crippen molar-refractivity contribution in [3.8, 4) is 0 Å². The fourth-order valence-corrected chi connectivity index (χ4v) is 9.65. The van der Waals surface area contributed by atoms with Crippen LogP contribution in [0, 0.1) is 23.7 Å². The van der Waals surface area contributed by atoms with E-state index in [0.717, 1.165) is 19.3 Å². The molecule has 8 rings (SSSR count). The van der Waals surface area contributed by atoms with Gasteiger partial charge < -0.3 is 10.0 Å². The Balaban J connectivity index is 1.10. The van der Waals surface area contributed by atoms with Crippen LogP contribution in [-0.4, -0.2) is 28.2 Å². The number of rotatable bonds is 5. The Kier molecular flexibility index (Phi) is 7.97. The molecule has 2 nitrogen and oxygen atoms in total. The second-order valence-electron chi connectivity index (χ2n) is 14.4. The van der Waals surface area contributed by atoms with Gasteiger partial charge in [0, 0.05) is 23.6 Å². The van der Waals surface area contributed by atoms with Crippen molar-refractivity contribution in [2.24, 2.45) is 23.7 Å². The highest BCUT2D eigenvalue weighted by Crippen LogP contribution is 2.52. The van der Waals surface area contributed by atoms with Crippen LogP contribution in [0.2, 0.25) is 0 Å². The third-order valence-electron chi connectivity index (χ3n) is 11.9. The van der Waals surface area contributed by atoms with E-state index in [1.54, 1.807) is 28.0 Å². The van der Waals surface area contributed by atoms with Crippen molar-refractivity contribution in [1.29, 1.82) is 0 Å². The molecular formula is C42H49NO. The zero-order valence-corrected chi connectivity index (χ0v) is 26.3. The minimum absolute atomic E-state index is 0.105. The van der Waals surface area contributed by atoms with E-state index in [-0.39, 0.29) is 5.92 Å². The Labute approximate surface area is 265 Å². The van der Waals surface area contributed by atoms with Crippen molar-refractivity contribution < 1.29 is 5.11 Å². The van der Waals surface area contributed by atoms with Crippen LogP contribution in [-0.2, 0) is 0 Å². The van der Waals surface area contributed by atoms with Crippen LogP contribution in [0.25, 0.3) is 0 Å². The smallest absolute Gasteiger partial charge is 0.0824 e. The van der Waals surface area contributed by atoms with Crippen LogP contribution < -0.4 is 0 Å². The van der Waals surface area contributed by atoms with Crippen molar-refractivity contribution in [3.05, 3.63) is 130 Å². The summed E-state index contributed by atoms with van der Waals surface area (Å²) in [6.45, 7) is 0. The predicted molar refractivity (Wildman–Crippen MR) is 183 cm³/mol. The molecule has 44 heavy (non-hydrogen) atoms. The summed E-state index contributed by atoms with van der Waals surface area (Å²) < 4.78 is 0. The SMILES string of the molecule is OC1C=CC=CC1C1=CC=CCC1C1CCC2=C(C1)C1=CC(C3C=C(C4=CCCCC4)C=CC3)=CCC1N2C1C=CCCC1. The van der Waals surface area contributed by atoms with Crippen LogP contribution in [0.3, 0.4) is 0 Å². The molecule has 1 aliphatic heterocycles. The van der Waals surface area contributed by atoms with Crippen LogP contribution in [0.15, 0.2) is 130 Å². The van der Waals surface area contributed by atoms with E-state index in [2.05, 4.69) is 83.9 Å². The lowest BCUT2D eigenvalue weighted by molar-refractivity contribution is 0.176. The molecular weight excluding hydrogens is 534 g/mol. The van der Waals surface area contributed by atoms with E-state index in [1.807, 2.05) is 12.2 Å². The van der Waals surface area contributed by atoms with E-state index in [1.165, 1.54) is 75.4 Å². The molecule has 0 aromatic rings. The van der Waals surface area contributed by atoms with Gasteiger partial charge in [-0.15, -0.1) is 0 Å². The average Bonchev–Trinajstić information content (AvgIpc) is 3.42. The first-order chi connectivity index (χ1) is 21.7. The zero-order valence-electron chi connectivity index (χ0n) is 26.3. The number of allylic oxidation sites excluding steroid dienone is 15. The van der Waals surface area contributed by atoms with Gasteiger partial charge in [0.15, 0.2) is 0 Å². The first-order valence-corrected chi connectivity index (χ1v) is 17.8. The lowest BCUT2D eigenvalue weighted by Crippen LogP contribution is -2.40. The standard InChI is InChI=1S/C42H49NO/c44-42-21-10-9-20-37(42)36-19-8-7-18-35(36)33-23-25-41-39(28-33)38-27-32(22-24-40(38)43(41)34-16-5-2-6-17-34)31-15-11-14-30(26-31)29-12-3-1-4-13-29/h5,7-12,14,16,19-22,26-27,31,33-35,37,40,42,44H,1-4,6,13,15,17-18,23-25,28H2. The number of fused-ring (bicyclic) bond motifs is 2. The predicted octanol–water partition coefficient (Wildman–Crippen LogP) is 9.70. The number of hydrogen-bond acceptors (Lipinski definition) is 2. The molecule has 0 bridgehead atoms. The van der Waals surface area contributed by atoms with E-state index in [4.69, 9.17) is 0 Å². The van der Waals surface area contributed by atoms with Gasteiger partial charge in [0.05, 0.1) is 12.1 Å². The highest BCUT2D eigenvalue weighted by molar-refractivity contribution is 5.55. The maximum absolute atomic E-state index is 10.9. The van der Waals surface area contributed by atoms with Gasteiger partial charge in [-0.25, -0.2) is 0 Å². The molecule has 0 saturated heterocycles. The van der Waals surface area contributed by atoms with Crippen molar-refractivity contribution in [3.63, 3.8) is 0 Å². The second kappa shape index (κ2) is 12.4. The minimum atomic E-state index is -0.413. The van der Waals surface area contributed by atoms with Gasteiger partial charge >= 0.3 is 0 Å². The Morgan fingerprint density at radius 1 is 0.818 bits per heavy atom. The summed E-state index contributed by atoms with van der Waals surface area (Å²) in [7, 11) is 0. The Morgan fingerprint density at radius 3 is 2.64 bits per heavy atom. The Morgan fingerprint density at radius 2 is 1.77 bits per heavy atom. The first-order valence-electron chi connectivity index (χ1n) is 17.8. The van der Waals surface area contributed by atoms with Crippen molar-refractivity contribution in [1.82, 2.24) is 4.90 Å². The number of aliphatic hydroxyl groups excluding tert-OH is 1. The molecule has 1 heterocycles. The Bertz CT molecular complexity index is 1500. The fourth-order valence-electron chi connectivity index (χ4n) is 9.65. The lowest BCUT2D eigenvalue weighted by Gasteiger charge is -2.40. The van der Waals surface area contributed by atoms with Gasteiger partial charge in [-0.1, -0.05) is 96.7 Å². The molecule has 7 atom stereocenters. The molecule has 0 amide bonds. The summed E-state index contributed by atoms with van der Waals surface area (Å²) >= 11 is 0. The van der Waals surface area contributed by atoms with Gasteiger partial charge in [0.1, 0.15) is 0 Å². The average molecular weight is 584 g/mol. The molecule has 0 saturated carbocycles. The number of nitrogens with zero attached hydrogens (tertiary/aromatic N) is 1. The molecule has 0 aromatic heterocycles. The van der Waals surface area contributed by atoms with Gasteiger partial charge in [0.2, 0.25) is 0 Å². The van der Waals surface area contributed by atoms with E-state index in [0.29, 0.717) is 29.8 Å². The molecule has 1 N–H and O–H groups in total. The van der Waals surface area contributed by atoms with E-state index >= 15 is 0 Å². The monoisotopic (exact) mass is 583 g/mol. The number of aliphatic hydroxyl groups is 1. The van der Waals surface area contributed by atoms with Crippen molar-refractivity contribution in [2.45, 2.75) is 102 Å².